The van der Waals surface area contributed by atoms with E-state index in [0.717, 1.165) is 51.4 Å². The van der Waals surface area contributed by atoms with Crippen LogP contribution in [0.25, 0.3) is 0 Å². The van der Waals surface area contributed by atoms with E-state index in [1.807, 2.05) is 20.8 Å². The summed E-state index contributed by atoms with van der Waals surface area (Å²) >= 11 is 0. The fraction of sp³-hybridized carbons (Fsp3) is 0.860. The summed E-state index contributed by atoms with van der Waals surface area (Å²) in [5, 5.41) is 18.2. The Labute approximate surface area is 437 Å². The molecule has 0 spiro atoms. The summed E-state index contributed by atoms with van der Waals surface area (Å²) in [5.41, 5.74) is -16.9. The van der Waals surface area contributed by atoms with Crippen LogP contribution >= 0.6 is 0 Å². The van der Waals surface area contributed by atoms with E-state index in [1.165, 1.54) is 48.5 Å². The largest absolute Gasteiger partial charge is 0.465 e. The van der Waals surface area contributed by atoms with Gasteiger partial charge in [-0.05, 0) is 208 Å². The molecular weight excluding hydrogens is 953 g/mol. The van der Waals surface area contributed by atoms with Gasteiger partial charge in [-0.1, -0.05) is 12.1 Å². The molecule has 6 atom stereocenters. The van der Waals surface area contributed by atoms with Crippen molar-refractivity contribution >= 4 is 47.6 Å². The Hall–Kier alpha value is -4.28. The fourth-order valence-corrected chi connectivity index (χ4v) is 16.1. The normalized spacial score (nSPS) is 36.3. The zero-order chi connectivity index (χ0) is 54.3. The van der Waals surface area contributed by atoms with Crippen LogP contribution in [0.1, 0.15) is 199 Å². The van der Waals surface area contributed by atoms with Gasteiger partial charge in [0.15, 0.2) is 0 Å². The topological polar surface area (TPSA) is 229 Å². The van der Waals surface area contributed by atoms with Crippen LogP contribution in [0.3, 0.4) is 0 Å². The van der Waals surface area contributed by atoms with Crippen LogP contribution in [0.2, 0.25) is 0 Å². The first kappa shape index (κ1) is 55.9. The molecule has 0 aromatic heterocycles. The molecule has 1 aliphatic heterocycles. The number of amides is 1. The summed E-state index contributed by atoms with van der Waals surface area (Å²) < 4.78 is 38.3. The predicted molar refractivity (Wildman–Crippen MR) is 268 cm³/mol. The molecule has 1 heterocycles. The minimum Gasteiger partial charge on any atom is -0.465 e. The Kier molecular flexibility index (Phi) is 14.6. The molecule has 8 bridgehead atoms. The lowest BCUT2D eigenvalue weighted by Crippen LogP contribution is -2.73. The fourth-order valence-electron chi connectivity index (χ4n) is 16.1. The molecule has 9 saturated carbocycles. The number of rotatable bonds is 18. The van der Waals surface area contributed by atoms with Gasteiger partial charge < -0.3 is 38.8 Å². The lowest BCUT2D eigenvalue weighted by atomic mass is 9.40. The van der Waals surface area contributed by atoms with E-state index in [2.05, 4.69) is 10.5 Å². The maximum absolute atomic E-state index is 16.6. The van der Waals surface area contributed by atoms with Gasteiger partial charge in [0.05, 0.1) is 58.0 Å². The highest BCUT2D eigenvalue weighted by Crippen LogP contribution is 2.69. The molecule has 10 fully saturated rings. The molecule has 74 heavy (non-hydrogen) atoms. The van der Waals surface area contributed by atoms with Crippen molar-refractivity contribution in [3.05, 3.63) is 0 Å². The molecule has 414 valence electrons. The van der Waals surface area contributed by atoms with Crippen LogP contribution < -0.4 is 5.32 Å². The molecule has 17 heteroatoms. The zero-order valence-electron chi connectivity index (χ0n) is 46.4. The van der Waals surface area contributed by atoms with Crippen molar-refractivity contribution in [1.29, 1.82) is 0 Å². The number of oxime groups is 1. The van der Waals surface area contributed by atoms with Crippen molar-refractivity contribution < 1.29 is 71.9 Å². The number of cyclic esters (lactones) is 1. The number of ether oxygens (including phenoxy) is 6. The number of hydrogen-bond acceptors (Lipinski definition) is 16. The van der Waals surface area contributed by atoms with Crippen LogP contribution in [0.5, 0.6) is 0 Å². The Balaban J connectivity index is 1.30. The van der Waals surface area contributed by atoms with Crippen LogP contribution in [0, 0.1) is 62.6 Å². The van der Waals surface area contributed by atoms with Crippen molar-refractivity contribution in [2.45, 2.75) is 227 Å². The van der Waals surface area contributed by atoms with Crippen molar-refractivity contribution in [2.75, 3.05) is 19.8 Å². The summed E-state index contributed by atoms with van der Waals surface area (Å²) in [5.74, 6) is -4.50. The molecule has 17 nitrogen and oxygen atoms in total. The van der Waals surface area contributed by atoms with E-state index in [-0.39, 0.29) is 56.1 Å². The van der Waals surface area contributed by atoms with Crippen molar-refractivity contribution in [3.63, 3.8) is 0 Å². The van der Waals surface area contributed by atoms with Gasteiger partial charge in [0.25, 0.3) is 0 Å². The van der Waals surface area contributed by atoms with Gasteiger partial charge in [-0.3, -0.25) is 33.6 Å². The van der Waals surface area contributed by atoms with E-state index in [1.54, 1.807) is 13.8 Å². The average molecular weight is 1040 g/mol. The number of aliphatic hydroxyl groups is 1. The van der Waals surface area contributed by atoms with Gasteiger partial charge >= 0.3 is 41.9 Å². The van der Waals surface area contributed by atoms with Gasteiger partial charge in [0.1, 0.15) is 29.0 Å². The molecule has 9 aliphatic carbocycles. The van der Waals surface area contributed by atoms with Crippen molar-refractivity contribution in [3.8, 4) is 0 Å². The van der Waals surface area contributed by atoms with Crippen LogP contribution in [0.15, 0.2) is 5.16 Å². The molecule has 2 N–H and O–H groups in total. The summed E-state index contributed by atoms with van der Waals surface area (Å²) in [7, 11) is 0. The van der Waals surface area contributed by atoms with E-state index >= 15 is 24.0 Å². The van der Waals surface area contributed by atoms with Gasteiger partial charge in [-0.25, -0.2) is 4.79 Å². The third-order valence-electron chi connectivity index (χ3n) is 21.3. The lowest BCUT2D eigenvalue weighted by Gasteiger charge is -2.63. The second kappa shape index (κ2) is 19.3. The Morgan fingerprint density at radius 2 is 1.18 bits per heavy atom. The van der Waals surface area contributed by atoms with Gasteiger partial charge in [-0.2, -0.15) is 0 Å². The SMILES string of the molecule is CC/C(C)=N\OC(=O)NCCOC(=O)C(C)(C(C)(C(=O)OC1(C)CCOC(=O)C1)C(C)(C)C(=O)OC12CC3CC(CC(O)(C3)C1)C2)C(C)(C(=O)OC1(C)C2CC3CC(C2)CC1C3)C(C)(C)C(=O)OC1(C)CCCC1. The first-order valence-electron chi connectivity index (χ1n) is 27.8. The van der Waals surface area contributed by atoms with Crippen LogP contribution in [0.4, 0.5) is 4.79 Å². The third kappa shape index (κ3) is 9.44. The molecule has 10 rings (SSSR count). The number of nitrogens with one attached hydrogen (secondary N) is 1. The Bertz CT molecular complexity index is 2260. The van der Waals surface area contributed by atoms with Crippen LogP contribution in [-0.4, -0.2) is 100 Å². The number of carbonyl (C=O) groups is 7. The molecule has 1 amide bonds. The first-order valence-corrected chi connectivity index (χ1v) is 27.8. The number of carbonyl (C=O) groups excluding carboxylic acids is 7. The number of nitrogens with zero attached hydrogens (tertiary/aromatic N) is 1. The molecular formula is C57H86N2O15. The minimum absolute atomic E-state index is 0.0160. The highest BCUT2D eigenvalue weighted by molar-refractivity contribution is 6.01. The predicted octanol–water partition coefficient (Wildman–Crippen LogP) is 9.01. The molecule has 6 unspecified atom stereocenters. The number of esters is 6. The third-order valence-corrected chi connectivity index (χ3v) is 21.3. The van der Waals surface area contributed by atoms with Gasteiger partial charge in [-0.15, -0.1) is 0 Å². The summed E-state index contributed by atoms with van der Waals surface area (Å²) in [4.78, 5) is 111. The van der Waals surface area contributed by atoms with Gasteiger partial charge in [0.2, 0.25) is 0 Å². The summed E-state index contributed by atoms with van der Waals surface area (Å²) in [6.45, 7) is 18.2. The minimum atomic E-state index is -2.65. The second-order valence-corrected chi connectivity index (χ2v) is 26.9. The highest BCUT2D eigenvalue weighted by Gasteiger charge is 2.80. The molecule has 0 aromatic rings. The lowest BCUT2D eigenvalue weighted by molar-refractivity contribution is -0.258. The first-order chi connectivity index (χ1) is 34.3. The molecule has 0 radical (unpaired) electrons. The molecule has 10 aliphatic rings. The van der Waals surface area contributed by atoms with Crippen molar-refractivity contribution in [2.24, 2.45) is 67.7 Å². The average Bonchev–Trinajstić information content (AvgIpc) is 3.73. The maximum Gasteiger partial charge on any atom is 0.433 e. The van der Waals surface area contributed by atoms with E-state index < -0.39 is 104 Å². The smallest absolute Gasteiger partial charge is 0.433 e. The van der Waals surface area contributed by atoms with Crippen molar-refractivity contribution in [1.82, 2.24) is 5.32 Å². The van der Waals surface area contributed by atoms with E-state index in [4.69, 9.17) is 33.3 Å². The maximum atomic E-state index is 16.6. The zero-order valence-corrected chi connectivity index (χ0v) is 46.4. The molecule has 1 saturated heterocycles. The Morgan fingerprint density at radius 3 is 1.70 bits per heavy atom. The number of hydrogen-bond donors (Lipinski definition) is 2. The van der Waals surface area contributed by atoms with Gasteiger partial charge in [0, 0.05) is 12.8 Å². The monoisotopic (exact) mass is 1040 g/mol. The quantitative estimate of drug-likeness (QED) is 0.0326. The summed E-state index contributed by atoms with van der Waals surface area (Å²) in [6.07, 6.45) is 9.80. The molecule has 0 aromatic carbocycles. The van der Waals surface area contributed by atoms with E-state index in [9.17, 15) is 14.7 Å². The Morgan fingerprint density at radius 1 is 0.662 bits per heavy atom. The van der Waals surface area contributed by atoms with E-state index in [0.29, 0.717) is 62.5 Å². The standard InChI is InChI=1S/C57H86N2O15/c1-13-34(2)59-74-47(66)58-19-21-69-44(63)55(12,54(11,48(3,4)42(61)70-50(7)16-14-15-17-50)46(65)72-52(9)39-24-35-22-36(26-39)27-40(52)25-35)53(10,45(64)71-51(8)18-20-68-41(60)32-51)49(5,6)43(62)73-57-30-37-23-38(31-57)29-56(67,28-37)33-57/h35-40,67H,13-33H2,1-12H3,(H,58,66)/b59-34-. The highest BCUT2D eigenvalue weighted by atomic mass is 16.7. The second-order valence-electron chi connectivity index (χ2n) is 26.9. The van der Waals surface area contributed by atoms with Crippen LogP contribution in [-0.2, 0) is 62.0 Å². The summed E-state index contributed by atoms with van der Waals surface area (Å²) in [6, 6.07) is 0.